The van der Waals surface area contributed by atoms with Crippen LogP contribution in [0.25, 0.3) is 6.08 Å². The van der Waals surface area contributed by atoms with Crippen LogP contribution < -0.4 is 0 Å². The maximum Gasteiger partial charge on any atom is 0.416 e. The Kier molecular flexibility index (Phi) is 3.62. The van der Waals surface area contributed by atoms with Crippen molar-refractivity contribution in [3.05, 3.63) is 45.5 Å². The van der Waals surface area contributed by atoms with E-state index in [1.807, 2.05) is 0 Å². The third-order valence-corrected chi connectivity index (χ3v) is 1.91. The van der Waals surface area contributed by atoms with Crippen LogP contribution >= 0.6 is 0 Å². The molecule has 7 heteroatoms. The summed E-state index contributed by atoms with van der Waals surface area (Å²) >= 11 is 0. The standard InChI is InChI=1S/C10H6F3NO3/c11-10(12,13)8-4-3-7(2-1-5-15)9(6-8)14(16)17/h1-6H/b2-1+. The number of nitro groups is 1. The summed E-state index contributed by atoms with van der Waals surface area (Å²) in [5.41, 5.74) is -1.86. The quantitative estimate of drug-likeness (QED) is 0.356. The van der Waals surface area contributed by atoms with Gasteiger partial charge in [0.05, 0.1) is 16.1 Å². The molecule has 1 aromatic carbocycles. The van der Waals surface area contributed by atoms with Crippen molar-refractivity contribution < 1.29 is 22.9 Å². The lowest BCUT2D eigenvalue weighted by Crippen LogP contribution is -2.06. The van der Waals surface area contributed by atoms with Gasteiger partial charge in [0.1, 0.15) is 6.29 Å². The third kappa shape index (κ3) is 3.13. The molecule has 0 heterocycles. The number of hydrogen-bond donors (Lipinski definition) is 0. The number of nitro benzene ring substituents is 1. The first-order chi connectivity index (χ1) is 7.86. The van der Waals surface area contributed by atoms with E-state index in [1.165, 1.54) is 0 Å². The number of carbonyl (C=O) groups excluding carboxylic acids is 1. The summed E-state index contributed by atoms with van der Waals surface area (Å²) in [6.45, 7) is 0. The van der Waals surface area contributed by atoms with Crippen LogP contribution in [0.4, 0.5) is 18.9 Å². The molecule has 0 saturated heterocycles. The van der Waals surface area contributed by atoms with Crippen molar-refractivity contribution >= 4 is 18.0 Å². The normalized spacial score (nSPS) is 11.7. The Bertz CT molecular complexity index is 480. The van der Waals surface area contributed by atoms with Crippen molar-refractivity contribution in [3.63, 3.8) is 0 Å². The maximum atomic E-state index is 12.3. The van der Waals surface area contributed by atoms with Gasteiger partial charge in [-0.1, -0.05) is 0 Å². The number of allylic oxidation sites excluding steroid dienone is 1. The first-order valence-electron chi connectivity index (χ1n) is 4.33. The molecule has 0 aliphatic heterocycles. The van der Waals surface area contributed by atoms with Crippen LogP contribution in [0.3, 0.4) is 0 Å². The van der Waals surface area contributed by atoms with Crippen LogP contribution in [-0.4, -0.2) is 11.2 Å². The van der Waals surface area contributed by atoms with E-state index in [-0.39, 0.29) is 5.56 Å². The van der Waals surface area contributed by atoms with E-state index in [2.05, 4.69) is 0 Å². The lowest BCUT2D eigenvalue weighted by molar-refractivity contribution is -0.385. The van der Waals surface area contributed by atoms with Gasteiger partial charge in [0.15, 0.2) is 0 Å². The molecule has 1 aromatic rings. The van der Waals surface area contributed by atoms with Crippen molar-refractivity contribution in [1.82, 2.24) is 0 Å². The average Bonchev–Trinajstić information content (AvgIpc) is 2.24. The van der Waals surface area contributed by atoms with Gasteiger partial charge in [-0.05, 0) is 24.3 Å². The fourth-order valence-electron chi connectivity index (χ4n) is 1.16. The number of nitrogens with zero attached hydrogens (tertiary/aromatic N) is 1. The van der Waals surface area contributed by atoms with Crippen LogP contribution in [0, 0.1) is 10.1 Å². The van der Waals surface area contributed by atoms with Crippen LogP contribution in [0.15, 0.2) is 24.3 Å². The topological polar surface area (TPSA) is 60.2 Å². The molecule has 0 fully saturated rings. The van der Waals surface area contributed by atoms with Crippen molar-refractivity contribution in [2.24, 2.45) is 0 Å². The Morgan fingerprint density at radius 2 is 1.94 bits per heavy atom. The first-order valence-corrected chi connectivity index (χ1v) is 4.33. The molecule has 0 aromatic heterocycles. The summed E-state index contributed by atoms with van der Waals surface area (Å²) in [6.07, 6.45) is -2.22. The highest BCUT2D eigenvalue weighted by atomic mass is 19.4. The number of alkyl halides is 3. The van der Waals surface area contributed by atoms with E-state index < -0.39 is 22.4 Å². The molecule has 90 valence electrons. The Morgan fingerprint density at radius 1 is 1.29 bits per heavy atom. The maximum absolute atomic E-state index is 12.3. The predicted octanol–water partition coefficient (Wildman–Crippen LogP) is 2.83. The third-order valence-electron chi connectivity index (χ3n) is 1.91. The molecule has 0 bridgehead atoms. The van der Waals surface area contributed by atoms with E-state index in [4.69, 9.17) is 0 Å². The molecule has 0 N–H and O–H groups in total. The van der Waals surface area contributed by atoms with Crippen molar-refractivity contribution in [2.45, 2.75) is 6.18 Å². The Labute approximate surface area is 93.5 Å². The van der Waals surface area contributed by atoms with Crippen molar-refractivity contribution in [2.75, 3.05) is 0 Å². The molecular weight excluding hydrogens is 239 g/mol. The summed E-state index contributed by atoms with van der Waals surface area (Å²) in [5.74, 6) is 0. The second-order valence-corrected chi connectivity index (χ2v) is 3.02. The molecule has 17 heavy (non-hydrogen) atoms. The van der Waals surface area contributed by atoms with E-state index in [1.54, 1.807) is 0 Å². The summed E-state index contributed by atoms with van der Waals surface area (Å²) < 4.78 is 37.0. The van der Waals surface area contributed by atoms with E-state index in [0.717, 1.165) is 24.3 Å². The molecule has 0 aliphatic rings. The molecule has 0 unspecified atom stereocenters. The minimum atomic E-state index is -4.64. The Hall–Kier alpha value is -2.18. The minimum absolute atomic E-state index is 0.0601. The fourth-order valence-corrected chi connectivity index (χ4v) is 1.16. The highest BCUT2D eigenvalue weighted by Gasteiger charge is 2.32. The van der Waals surface area contributed by atoms with Gasteiger partial charge in [-0.15, -0.1) is 0 Å². The summed E-state index contributed by atoms with van der Waals surface area (Å²) in [4.78, 5) is 19.7. The number of halogens is 3. The van der Waals surface area contributed by atoms with Gasteiger partial charge >= 0.3 is 6.18 Å². The van der Waals surface area contributed by atoms with Gasteiger partial charge in [0, 0.05) is 6.07 Å². The highest BCUT2D eigenvalue weighted by Crippen LogP contribution is 2.33. The predicted molar refractivity (Wildman–Crippen MR) is 53.2 cm³/mol. The van der Waals surface area contributed by atoms with Gasteiger partial charge in [-0.25, -0.2) is 0 Å². The second kappa shape index (κ2) is 4.77. The van der Waals surface area contributed by atoms with Gasteiger partial charge in [0.2, 0.25) is 0 Å². The Morgan fingerprint density at radius 3 is 2.41 bits per heavy atom. The van der Waals surface area contributed by atoms with Crippen LogP contribution in [0.2, 0.25) is 0 Å². The summed E-state index contributed by atoms with van der Waals surface area (Å²) in [7, 11) is 0. The number of hydrogen-bond acceptors (Lipinski definition) is 3. The lowest BCUT2D eigenvalue weighted by atomic mass is 10.1. The monoisotopic (exact) mass is 245 g/mol. The molecule has 0 saturated carbocycles. The van der Waals surface area contributed by atoms with Crippen molar-refractivity contribution in [1.29, 1.82) is 0 Å². The molecule has 0 radical (unpaired) electrons. The van der Waals surface area contributed by atoms with Gasteiger partial charge in [-0.2, -0.15) is 13.2 Å². The molecule has 4 nitrogen and oxygen atoms in total. The number of benzene rings is 1. The van der Waals surface area contributed by atoms with Gasteiger partial charge < -0.3 is 0 Å². The number of aldehydes is 1. The fraction of sp³-hybridized carbons (Fsp3) is 0.100. The Balaban J connectivity index is 3.32. The number of rotatable bonds is 3. The second-order valence-electron chi connectivity index (χ2n) is 3.02. The van der Waals surface area contributed by atoms with Crippen molar-refractivity contribution in [3.8, 4) is 0 Å². The van der Waals surface area contributed by atoms with Crippen LogP contribution in [-0.2, 0) is 11.0 Å². The SMILES string of the molecule is O=C/C=C/c1ccc(C(F)(F)F)cc1[N+](=O)[O-]. The molecule has 0 spiro atoms. The zero-order valence-corrected chi connectivity index (χ0v) is 8.27. The smallest absolute Gasteiger partial charge is 0.299 e. The van der Waals surface area contributed by atoms with Crippen LogP contribution in [0.5, 0.6) is 0 Å². The van der Waals surface area contributed by atoms with E-state index >= 15 is 0 Å². The molecule has 0 amide bonds. The van der Waals surface area contributed by atoms with E-state index in [0.29, 0.717) is 12.4 Å². The number of carbonyl (C=O) groups is 1. The largest absolute Gasteiger partial charge is 0.416 e. The molecule has 0 aliphatic carbocycles. The zero-order chi connectivity index (χ0) is 13.1. The van der Waals surface area contributed by atoms with Gasteiger partial charge in [0.25, 0.3) is 5.69 Å². The van der Waals surface area contributed by atoms with Gasteiger partial charge in [-0.3, -0.25) is 14.9 Å². The van der Waals surface area contributed by atoms with Crippen LogP contribution in [0.1, 0.15) is 11.1 Å². The average molecular weight is 245 g/mol. The molecular formula is C10H6F3NO3. The summed E-state index contributed by atoms with van der Waals surface area (Å²) in [6, 6.07) is 2.10. The molecule has 0 atom stereocenters. The highest BCUT2D eigenvalue weighted by molar-refractivity contribution is 5.76. The summed E-state index contributed by atoms with van der Waals surface area (Å²) in [5, 5.41) is 10.6. The van der Waals surface area contributed by atoms with E-state index in [9.17, 15) is 28.1 Å². The zero-order valence-electron chi connectivity index (χ0n) is 8.27. The lowest BCUT2D eigenvalue weighted by Gasteiger charge is -2.06. The molecule has 1 rings (SSSR count). The first kappa shape index (κ1) is 12.9. The minimum Gasteiger partial charge on any atom is -0.299 e.